The molecule has 2 fully saturated rings. The zero-order chi connectivity index (χ0) is 20.3. The maximum absolute atomic E-state index is 12.7. The Kier molecular flexibility index (Phi) is 8.93. The quantitative estimate of drug-likeness (QED) is 0.122. The minimum absolute atomic E-state index is 0. The number of likely N-dealkylation sites (tertiary alicyclic amines) is 1. The van der Waals surface area contributed by atoms with Gasteiger partial charge >= 0.3 is 0 Å². The average Bonchev–Trinajstić information content (AvgIpc) is 3.35. The fourth-order valence-electron chi connectivity index (χ4n) is 4.64. The average molecular weight is 517 g/mol. The lowest BCUT2D eigenvalue weighted by atomic mass is 9.85. The van der Waals surface area contributed by atoms with Crippen molar-refractivity contribution in [1.29, 1.82) is 0 Å². The number of hydrogen-bond donors (Lipinski definition) is 2. The molecule has 1 saturated carbocycles. The number of allylic oxidation sites excluding steroid dienone is 2. The van der Waals surface area contributed by atoms with Crippen molar-refractivity contribution in [3.63, 3.8) is 0 Å². The highest BCUT2D eigenvalue weighted by Gasteiger charge is 2.58. The number of rotatable bonds is 9. The number of amides is 2. The van der Waals surface area contributed by atoms with Gasteiger partial charge in [0, 0.05) is 32.7 Å². The van der Waals surface area contributed by atoms with Crippen molar-refractivity contribution in [3.8, 4) is 0 Å². The summed E-state index contributed by atoms with van der Waals surface area (Å²) in [5.74, 6) is 1.09. The van der Waals surface area contributed by atoms with Crippen LogP contribution in [0.25, 0.3) is 0 Å². The van der Waals surface area contributed by atoms with Crippen LogP contribution in [-0.4, -0.2) is 73.9 Å². The van der Waals surface area contributed by atoms with E-state index >= 15 is 0 Å². The summed E-state index contributed by atoms with van der Waals surface area (Å²) in [5.41, 5.74) is 0. The molecular formula is C21H36IN5O2. The first-order valence-corrected chi connectivity index (χ1v) is 10.6. The first kappa shape index (κ1) is 24.1. The Hall–Kier alpha value is -1.16. The zero-order valence-corrected chi connectivity index (χ0v) is 20.4. The van der Waals surface area contributed by atoms with E-state index in [9.17, 15) is 9.59 Å². The maximum atomic E-state index is 12.7. The summed E-state index contributed by atoms with van der Waals surface area (Å²) in [6.07, 6.45) is 7.43. The van der Waals surface area contributed by atoms with Crippen molar-refractivity contribution in [2.24, 2.45) is 28.7 Å². The molecule has 2 N–H and O–H groups in total. The number of nitrogens with zero attached hydrogens (tertiary/aromatic N) is 3. The van der Waals surface area contributed by atoms with Crippen LogP contribution in [0, 0.1) is 23.7 Å². The molecule has 0 aromatic rings. The van der Waals surface area contributed by atoms with Gasteiger partial charge in [-0.3, -0.25) is 19.5 Å². The Morgan fingerprint density at radius 1 is 1.14 bits per heavy atom. The van der Waals surface area contributed by atoms with Gasteiger partial charge < -0.3 is 15.5 Å². The van der Waals surface area contributed by atoms with Crippen molar-refractivity contribution in [1.82, 2.24) is 20.4 Å². The minimum Gasteiger partial charge on any atom is -0.356 e. The van der Waals surface area contributed by atoms with Gasteiger partial charge in [-0.1, -0.05) is 12.2 Å². The van der Waals surface area contributed by atoms with E-state index in [0.29, 0.717) is 19.1 Å². The van der Waals surface area contributed by atoms with Crippen LogP contribution >= 0.6 is 24.0 Å². The van der Waals surface area contributed by atoms with Crippen LogP contribution in [0.2, 0.25) is 0 Å². The molecule has 7 nitrogen and oxygen atoms in total. The number of guanidine groups is 1. The van der Waals surface area contributed by atoms with Gasteiger partial charge in [-0.15, -0.1) is 24.0 Å². The third-order valence-electron chi connectivity index (χ3n) is 6.52. The standard InChI is InChI=1S/C21H35N5O2.HI/c1-14(2)25(4)11-6-5-9-23-21(22-3)24-10-12-26-19(27)17-15-7-8-16(13-15)18(17)20(26)28;/h7-8,14-18H,5-6,9-13H2,1-4H3,(H2,22,23,24);1H. The number of imide groups is 1. The highest BCUT2D eigenvalue weighted by atomic mass is 127. The van der Waals surface area contributed by atoms with Crippen molar-refractivity contribution >= 4 is 41.8 Å². The van der Waals surface area contributed by atoms with E-state index in [1.165, 1.54) is 4.90 Å². The summed E-state index contributed by atoms with van der Waals surface area (Å²) >= 11 is 0. The number of fused-ring (bicyclic) bond motifs is 5. The number of carbonyl (C=O) groups excluding carboxylic acids is 2. The van der Waals surface area contributed by atoms with Gasteiger partial charge in [0.2, 0.25) is 11.8 Å². The monoisotopic (exact) mass is 517 g/mol. The molecule has 2 bridgehead atoms. The molecule has 3 rings (SSSR count). The van der Waals surface area contributed by atoms with E-state index in [1.54, 1.807) is 7.05 Å². The number of halogens is 1. The zero-order valence-electron chi connectivity index (χ0n) is 18.1. The summed E-state index contributed by atoms with van der Waals surface area (Å²) in [4.78, 5) is 33.4. The van der Waals surface area contributed by atoms with Gasteiger partial charge in [0.25, 0.3) is 0 Å². The molecule has 2 amide bonds. The van der Waals surface area contributed by atoms with Gasteiger partial charge in [-0.05, 0) is 58.5 Å². The molecular weight excluding hydrogens is 481 g/mol. The van der Waals surface area contributed by atoms with Gasteiger partial charge in [-0.2, -0.15) is 0 Å². The number of carbonyl (C=O) groups is 2. The van der Waals surface area contributed by atoms with Crippen LogP contribution in [-0.2, 0) is 9.59 Å². The second-order valence-corrected chi connectivity index (χ2v) is 8.54. The smallest absolute Gasteiger partial charge is 0.233 e. The molecule has 0 radical (unpaired) electrons. The van der Waals surface area contributed by atoms with Crippen molar-refractivity contribution in [2.75, 3.05) is 40.3 Å². The predicted octanol–water partition coefficient (Wildman–Crippen LogP) is 1.70. The van der Waals surface area contributed by atoms with Crippen LogP contribution in [0.4, 0.5) is 0 Å². The largest absolute Gasteiger partial charge is 0.356 e. The topological polar surface area (TPSA) is 77.0 Å². The summed E-state index contributed by atoms with van der Waals surface area (Å²) in [7, 11) is 3.89. The Bertz CT molecular complexity index is 621. The highest BCUT2D eigenvalue weighted by Crippen LogP contribution is 2.52. The third kappa shape index (κ3) is 5.31. The molecule has 2 aliphatic carbocycles. The molecule has 164 valence electrons. The van der Waals surface area contributed by atoms with Crippen molar-refractivity contribution < 1.29 is 9.59 Å². The Balaban J connectivity index is 0.00000300. The Morgan fingerprint density at radius 2 is 1.72 bits per heavy atom. The van der Waals surface area contributed by atoms with Crippen LogP contribution in [0.15, 0.2) is 17.1 Å². The Labute approximate surface area is 191 Å². The van der Waals surface area contributed by atoms with E-state index in [-0.39, 0.29) is 59.5 Å². The Morgan fingerprint density at radius 3 is 2.28 bits per heavy atom. The molecule has 4 atom stereocenters. The molecule has 0 aromatic carbocycles. The molecule has 8 heteroatoms. The fraction of sp³-hybridized carbons (Fsp3) is 0.762. The minimum atomic E-state index is -0.107. The normalized spacial score (nSPS) is 27.8. The molecule has 4 unspecified atom stereocenters. The first-order chi connectivity index (χ1) is 13.4. The summed E-state index contributed by atoms with van der Waals surface area (Å²) in [6.45, 7) is 7.28. The molecule has 0 spiro atoms. The second kappa shape index (κ2) is 10.7. The lowest BCUT2D eigenvalue weighted by Gasteiger charge is -2.21. The van der Waals surface area contributed by atoms with Crippen LogP contribution in [0.1, 0.15) is 33.1 Å². The SMILES string of the molecule is CN=C(NCCCCN(C)C(C)C)NCCN1C(=O)C2C3C=CC(C3)C2C1=O.I. The molecule has 1 aliphatic heterocycles. The molecule has 1 heterocycles. The van der Waals surface area contributed by atoms with E-state index in [4.69, 9.17) is 0 Å². The van der Waals surface area contributed by atoms with Crippen molar-refractivity contribution in [2.45, 2.75) is 39.2 Å². The number of unbranched alkanes of at least 4 members (excludes halogenated alkanes) is 1. The fourth-order valence-corrected chi connectivity index (χ4v) is 4.64. The van der Waals surface area contributed by atoms with E-state index < -0.39 is 0 Å². The van der Waals surface area contributed by atoms with Crippen molar-refractivity contribution in [3.05, 3.63) is 12.2 Å². The maximum Gasteiger partial charge on any atom is 0.233 e. The molecule has 0 aromatic heterocycles. The molecule has 3 aliphatic rings. The van der Waals surface area contributed by atoms with Crippen LogP contribution < -0.4 is 10.6 Å². The van der Waals surface area contributed by atoms with Gasteiger partial charge in [-0.25, -0.2) is 0 Å². The number of hydrogen-bond acceptors (Lipinski definition) is 4. The first-order valence-electron chi connectivity index (χ1n) is 10.6. The summed E-state index contributed by atoms with van der Waals surface area (Å²) in [5, 5.41) is 6.53. The second-order valence-electron chi connectivity index (χ2n) is 8.54. The predicted molar refractivity (Wildman–Crippen MR) is 126 cm³/mol. The van der Waals surface area contributed by atoms with Crippen LogP contribution in [0.5, 0.6) is 0 Å². The molecule has 29 heavy (non-hydrogen) atoms. The third-order valence-corrected chi connectivity index (χ3v) is 6.52. The summed E-state index contributed by atoms with van der Waals surface area (Å²) < 4.78 is 0. The highest BCUT2D eigenvalue weighted by molar-refractivity contribution is 14.0. The molecule has 1 saturated heterocycles. The lowest BCUT2D eigenvalue weighted by Crippen LogP contribution is -2.44. The number of nitrogens with one attached hydrogen (secondary N) is 2. The van der Waals surface area contributed by atoms with E-state index in [1.807, 2.05) is 0 Å². The van der Waals surface area contributed by atoms with E-state index in [2.05, 4.69) is 53.6 Å². The van der Waals surface area contributed by atoms with Gasteiger partial charge in [0.1, 0.15) is 0 Å². The van der Waals surface area contributed by atoms with E-state index in [0.717, 1.165) is 38.3 Å². The summed E-state index contributed by atoms with van der Waals surface area (Å²) in [6, 6.07) is 0.573. The van der Waals surface area contributed by atoms with Gasteiger partial charge in [0.05, 0.1) is 11.8 Å². The lowest BCUT2D eigenvalue weighted by molar-refractivity contribution is -0.140. The van der Waals surface area contributed by atoms with Gasteiger partial charge in [0.15, 0.2) is 5.96 Å². The number of aliphatic imine (C=N–C) groups is 1. The van der Waals surface area contributed by atoms with Crippen LogP contribution in [0.3, 0.4) is 0 Å².